The van der Waals surface area contributed by atoms with Crippen molar-refractivity contribution in [3.8, 4) is 0 Å². The molecule has 282 valence electrons. The molecule has 0 aromatic carbocycles. The Balaban J connectivity index is 6.08. The lowest BCUT2D eigenvalue weighted by molar-refractivity contribution is -0.144. The van der Waals surface area contributed by atoms with Gasteiger partial charge in [0.1, 0.15) is 30.2 Å². The van der Waals surface area contributed by atoms with Crippen LogP contribution in [0.15, 0.2) is 0 Å². The van der Waals surface area contributed by atoms with Crippen molar-refractivity contribution in [1.82, 2.24) is 26.6 Å². The van der Waals surface area contributed by atoms with Crippen molar-refractivity contribution in [2.24, 2.45) is 35.0 Å². The van der Waals surface area contributed by atoms with Crippen LogP contribution in [0.5, 0.6) is 0 Å². The Labute approximate surface area is 294 Å². The Kier molecular flexibility index (Phi) is 22.2. The lowest BCUT2D eigenvalue weighted by atomic mass is 9.98. The summed E-state index contributed by atoms with van der Waals surface area (Å²) in [5.74, 6) is -5.47. The van der Waals surface area contributed by atoms with Gasteiger partial charge in [0.05, 0.1) is 12.5 Å². The van der Waals surface area contributed by atoms with Crippen molar-refractivity contribution in [2.75, 3.05) is 18.6 Å². The van der Waals surface area contributed by atoms with Crippen LogP contribution in [0.3, 0.4) is 0 Å². The highest BCUT2D eigenvalue weighted by molar-refractivity contribution is 7.98. The van der Waals surface area contributed by atoms with Gasteiger partial charge in [-0.25, -0.2) is 4.79 Å². The number of hydrogen-bond acceptors (Lipinski definition) is 10. The Morgan fingerprint density at radius 2 is 1.12 bits per heavy atom. The van der Waals surface area contributed by atoms with Crippen LogP contribution in [-0.2, 0) is 33.6 Å². The predicted molar refractivity (Wildman–Crippen MR) is 189 cm³/mol. The number of nitrogens with one attached hydrogen (secondary N) is 5. The first-order chi connectivity index (χ1) is 22.8. The number of unbranched alkanes of at least 4 members (excludes halogenated alkanes) is 1. The molecule has 6 atom stereocenters. The molecule has 0 saturated heterocycles. The fraction of sp³-hybridized carbons (Fsp3) is 0.781. The maximum Gasteiger partial charge on any atom is 0.326 e. The van der Waals surface area contributed by atoms with Gasteiger partial charge in [-0.15, -0.1) is 0 Å². The monoisotopic (exact) mass is 716 g/mol. The molecule has 6 amide bonds. The molecule has 49 heavy (non-hydrogen) atoms. The molecule has 0 saturated carbocycles. The standard InChI is InChI=1S/C32H60N8O8S/c1-17(2)14-22(29(44)39-24(32(47)48)16-25(35)41)38-28(43)21(10-8-9-12-33)36-31(46)26(19(5)6)40-30(45)23(15-18(3)4)37-27(42)20(34)11-13-49-7/h17-24,26H,8-16,33-34H2,1-7H3,(H2,35,41)(H,36,46)(H,37,42)(H,38,43)(H,39,44)(H,40,45)(H,47,48)/t20-,21-,22-,23-,24-,26-/m0/s1. The SMILES string of the molecule is CSCC[C@H](N)C(=O)N[C@@H](CC(C)C)C(=O)N[C@H](C(=O)N[C@@H](CCCCN)C(=O)N[C@@H](CC(C)C)C(=O)N[C@@H](CC(N)=O)C(=O)O)C(C)C. The van der Waals surface area contributed by atoms with E-state index in [-0.39, 0.29) is 24.7 Å². The first kappa shape index (κ1) is 45.6. The Morgan fingerprint density at radius 3 is 1.57 bits per heavy atom. The molecule has 0 radical (unpaired) electrons. The summed E-state index contributed by atoms with van der Waals surface area (Å²) in [5, 5.41) is 22.5. The average molecular weight is 717 g/mol. The number of amides is 6. The zero-order valence-electron chi connectivity index (χ0n) is 30.0. The summed E-state index contributed by atoms with van der Waals surface area (Å²) >= 11 is 1.55. The summed E-state index contributed by atoms with van der Waals surface area (Å²) in [6, 6.07) is -6.77. The molecule has 0 aromatic rings. The average Bonchev–Trinajstić information content (AvgIpc) is 2.99. The van der Waals surface area contributed by atoms with Gasteiger partial charge < -0.3 is 48.9 Å². The maximum absolute atomic E-state index is 13.7. The number of primary amides is 1. The Morgan fingerprint density at radius 1 is 0.653 bits per heavy atom. The van der Waals surface area contributed by atoms with E-state index in [4.69, 9.17) is 17.2 Å². The van der Waals surface area contributed by atoms with Crippen molar-refractivity contribution < 1.29 is 38.7 Å². The molecule has 0 unspecified atom stereocenters. The summed E-state index contributed by atoms with van der Waals surface area (Å²) in [5.41, 5.74) is 16.8. The molecular formula is C32H60N8O8S. The van der Waals surface area contributed by atoms with Gasteiger partial charge in [0.25, 0.3) is 0 Å². The number of rotatable bonds is 25. The molecular weight excluding hydrogens is 656 g/mol. The van der Waals surface area contributed by atoms with Gasteiger partial charge in [0.15, 0.2) is 0 Å². The largest absolute Gasteiger partial charge is 0.480 e. The van der Waals surface area contributed by atoms with E-state index in [2.05, 4.69) is 26.6 Å². The van der Waals surface area contributed by atoms with Crippen molar-refractivity contribution >= 4 is 53.2 Å². The fourth-order valence-corrected chi connectivity index (χ4v) is 5.31. The maximum atomic E-state index is 13.7. The highest BCUT2D eigenvalue weighted by atomic mass is 32.2. The first-order valence-electron chi connectivity index (χ1n) is 16.8. The molecule has 0 aliphatic heterocycles. The first-order valence-corrected chi connectivity index (χ1v) is 18.2. The van der Waals surface area contributed by atoms with Crippen molar-refractivity contribution in [2.45, 2.75) is 123 Å². The van der Waals surface area contributed by atoms with E-state index in [9.17, 15) is 38.7 Å². The minimum absolute atomic E-state index is 0.0259. The molecule has 16 nitrogen and oxygen atoms in total. The third-order valence-electron chi connectivity index (χ3n) is 7.50. The Hall–Kier alpha value is -3.44. The lowest BCUT2D eigenvalue weighted by Crippen LogP contribution is -2.60. The zero-order valence-corrected chi connectivity index (χ0v) is 30.8. The number of carbonyl (C=O) groups excluding carboxylic acids is 6. The zero-order chi connectivity index (χ0) is 37.8. The molecule has 0 spiro atoms. The number of aliphatic carboxylic acids is 1. The number of carbonyl (C=O) groups is 7. The highest BCUT2D eigenvalue weighted by Gasteiger charge is 2.34. The third-order valence-corrected chi connectivity index (χ3v) is 8.14. The van der Waals surface area contributed by atoms with E-state index >= 15 is 0 Å². The molecule has 0 aliphatic rings. The van der Waals surface area contributed by atoms with E-state index in [1.807, 2.05) is 20.1 Å². The molecule has 0 aromatic heterocycles. The molecule has 0 rings (SSSR count). The van der Waals surface area contributed by atoms with Crippen LogP contribution in [0.25, 0.3) is 0 Å². The quantitative estimate of drug-likeness (QED) is 0.0534. The summed E-state index contributed by atoms with van der Waals surface area (Å²) < 4.78 is 0. The molecule has 0 aliphatic carbocycles. The van der Waals surface area contributed by atoms with Crippen LogP contribution >= 0.6 is 11.8 Å². The number of carboxylic acids is 1. The topological polar surface area (TPSA) is 278 Å². The minimum atomic E-state index is -1.59. The molecule has 0 bridgehead atoms. The summed E-state index contributed by atoms with van der Waals surface area (Å²) in [6.45, 7) is 11.2. The van der Waals surface area contributed by atoms with Crippen molar-refractivity contribution in [3.05, 3.63) is 0 Å². The number of nitrogens with two attached hydrogens (primary N) is 3. The van der Waals surface area contributed by atoms with Gasteiger partial charge in [0, 0.05) is 0 Å². The van der Waals surface area contributed by atoms with E-state index < -0.39 is 90.0 Å². The van der Waals surface area contributed by atoms with Crippen LogP contribution in [0.2, 0.25) is 0 Å². The second kappa shape index (κ2) is 23.8. The van der Waals surface area contributed by atoms with Gasteiger partial charge in [-0.2, -0.15) is 11.8 Å². The summed E-state index contributed by atoms with van der Waals surface area (Å²) in [7, 11) is 0. The molecule has 0 fully saturated rings. The van der Waals surface area contributed by atoms with Crippen LogP contribution in [0.1, 0.15) is 86.5 Å². The predicted octanol–water partition coefficient (Wildman–Crippen LogP) is -0.672. The van der Waals surface area contributed by atoms with E-state index in [0.29, 0.717) is 38.0 Å². The van der Waals surface area contributed by atoms with Gasteiger partial charge in [0.2, 0.25) is 35.4 Å². The summed E-state index contributed by atoms with van der Waals surface area (Å²) in [6.07, 6.45) is 3.26. The van der Waals surface area contributed by atoms with Crippen molar-refractivity contribution in [1.29, 1.82) is 0 Å². The minimum Gasteiger partial charge on any atom is -0.480 e. The van der Waals surface area contributed by atoms with Gasteiger partial charge in [-0.05, 0) is 74.8 Å². The van der Waals surface area contributed by atoms with Crippen LogP contribution < -0.4 is 43.8 Å². The van der Waals surface area contributed by atoms with Gasteiger partial charge in [-0.1, -0.05) is 41.5 Å². The highest BCUT2D eigenvalue weighted by Crippen LogP contribution is 2.12. The van der Waals surface area contributed by atoms with Crippen LogP contribution in [0.4, 0.5) is 0 Å². The third kappa shape index (κ3) is 18.8. The van der Waals surface area contributed by atoms with E-state index in [1.54, 1.807) is 39.5 Å². The normalized spacial score (nSPS) is 15.0. The smallest absolute Gasteiger partial charge is 0.326 e. The second-order valence-electron chi connectivity index (χ2n) is 13.4. The molecule has 0 heterocycles. The van der Waals surface area contributed by atoms with Crippen LogP contribution in [0, 0.1) is 17.8 Å². The second-order valence-corrected chi connectivity index (χ2v) is 14.4. The lowest BCUT2D eigenvalue weighted by Gasteiger charge is -2.29. The van der Waals surface area contributed by atoms with E-state index in [0.717, 1.165) is 0 Å². The van der Waals surface area contributed by atoms with Crippen molar-refractivity contribution in [3.63, 3.8) is 0 Å². The molecule has 17 heteroatoms. The summed E-state index contributed by atoms with van der Waals surface area (Å²) in [4.78, 5) is 89.5. The van der Waals surface area contributed by atoms with Crippen LogP contribution in [-0.4, -0.2) is 101 Å². The van der Waals surface area contributed by atoms with E-state index in [1.165, 1.54) is 0 Å². The Bertz CT molecular complexity index is 1110. The number of carboxylic acid groups (broad SMARTS) is 1. The number of thioether (sulfide) groups is 1. The van der Waals surface area contributed by atoms with Gasteiger partial charge >= 0.3 is 5.97 Å². The fourth-order valence-electron chi connectivity index (χ4n) is 4.82. The van der Waals surface area contributed by atoms with Gasteiger partial charge in [-0.3, -0.25) is 28.8 Å². The molecule has 12 N–H and O–H groups in total. The number of hydrogen-bond donors (Lipinski definition) is 9.